The molecule has 0 heterocycles. The highest BCUT2D eigenvalue weighted by Crippen LogP contribution is 2.40. The van der Waals surface area contributed by atoms with Crippen LogP contribution in [0.5, 0.6) is 23.0 Å². The Balaban J connectivity index is 1.90. The Morgan fingerprint density at radius 3 is 1.85 bits per heavy atom. The van der Waals surface area contributed by atoms with E-state index >= 15 is 0 Å². The van der Waals surface area contributed by atoms with Crippen molar-refractivity contribution in [2.24, 2.45) is 5.92 Å². The average molecular weight is 370 g/mol. The normalized spacial score (nSPS) is 15.1. The van der Waals surface area contributed by atoms with E-state index in [1.165, 1.54) is 38.5 Å². The Morgan fingerprint density at radius 2 is 1.37 bits per heavy atom. The first kappa shape index (κ1) is 19.4. The molecule has 0 bridgehead atoms. The summed E-state index contributed by atoms with van der Waals surface area (Å²) in [5, 5.41) is 19.9. The van der Waals surface area contributed by atoms with Crippen LogP contribution in [0.15, 0.2) is 36.4 Å². The summed E-state index contributed by atoms with van der Waals surface area (Å²) in [7, 11) is 3.14. The second-order valence-corrected chi connectivity index (χ2v) is 7.50. The summed E-state index contributed by atoms with van der Waals surface area (Å²) in [5.74, 6) is 2.23. The van der Waals surface area contributed by atoms with Crippen LogP contribution in [-0.4, -0.2) is 24.4 Å². The molecule has 146 valence electrons. The first-order valence-corrected chi connectivity index (χ1v) is 9.86. The number of hydrogen-bond acceptors (Lipinski definition) is 4. The first-order valence-electron chi connectivity index (χ1n) is 9.86. The van der Waals surface area contributed by atoms with E-state index < -0.39 is 0 Å². The third kappa shape index (κ3) is 4.68. The molecule has 2 aromatic carbocycles. The van der Waals surface area contributed by atoms with Crippen molar-refractivity contribution in [2.75, 3.05) is 14.2 Å². The molecular formula is C23H30O4. The van der Waals surface area contributed by atoms with Crippen LogP contribution in [0.25, 0.3) is 0 Å². The van der Waals surface area contributed by atoms with Crippen LogP contribution in [-0.2, 0) is 0 Å². The molecule has 0 aromatic heterocycles. The quantitative estimate of drug-likeness (QED) is 0.665. The fourth-order valence-corrected chi connectivity index (χ4v) is 4.23. The molecule has 1 saturated carbocycles. The molecule has 1 fully saturated rings. The van der Waals surface area contributed by atoms with Crippen LogP contribution in [0.4, 0.5) is 0 Å². The summed E-state index contributed by atoms with van der Waals surface area (Å²) >= 11 is 0. The summed E-state index contributed by atoms with van der Waals surface area (Å²) in [4.78, 5) is 0. The Hall–Kier alpha value is -2.36. The number of phenolic OH excluding ortho intramolecular Hbond substituents is 2. The zero-order valence-electron chi connectivity index (χ0n) is 16.3. The van der Waals surface area contributed by atoms with E-state index in [1.54, 1.807) is 26.4 Å². The molecule has 3 rings (SSSR count). The minimum absolute atomic E-state index is 0.149. The van der Waals surface area contributed by atoms with Crippen molar-refractivity contribution in [1.82, 2.24) is 0 Å². The smallest absolute Gasteiger partial charge is 0.160 e. The van der Waals surface area contributed by atoms with Crippen LogP contribution < -0.4 is 9.47 Å². The van der Waals surface area contributed by atoms with Crippen molar-refractivity contribution in [3.8, 4) is 23.0 Å². The van der Waals surface area contributed by atoms with E-state index in [0.29, 0.717) is 11.5 Å². The Bertz CT molecular complexity index is 697. The number of hydrogen-bond donors (Lipinski definition) is 2. The fraction of sp³-hybridized carbons (Fsp3) is 0.478. The predicted octanol–water partition coefficient (Wildman–Crippen LogP) is 5.61. The SMILES string of the molecule is COc1cc(C(CCC2CCCCC2)c2ccc(O)c(OC)c2)ccc1O. The summed E-state index contributed by atoms with van der Waals surface area (Å²) < 4.78 is 10.6. The highest BCUT2D eigenvalue weighted by molar-refractivity contribution is 5.48. The minimum atomic E-state index is 0.149. The molecular weight excluding hydrogens is 340 g/mol. The number of phenols is 2. The summed E-state index contributed by atoms with van der Waals surface area (Å²) in [6, 6.07) is 11.1. The van der Waals surface area contributed by atoms with Crippen molar-refractivity contribution in [3.05, 3.63) is 47.5 Å². The summed E-state index contributed by atoms with van der Waals surface area (Å²) in [5.41, 5.74) is 2.21. The van der Waals surface area contributed by atoms with Crippen LogP contribution >= 0.6 is 0 Å². The van der Waals surface area contributed by atoms with Gasteiger partial charge in [0.25, 0.3) is 0 Å². The third-order valence-corrected chi connectivity index (χ3v) is 5.80. The lowest BCUT2D eigenvalue weighted by molar-refractivity contribution is 0.327. The van der Waals surface area contributed by atoms with Gasteiger partial charge in [0.05, 0.1) is 14.2 Å². The van der Waals surface area contributed by atoms with Gasteiger partial charge in [-0.05, 0) is 54.2 Å². The Morgan fingerprint density at radius 1 is 0.852 bits per heavy atom. The molecule has 4 heteroatoms. The lowest BCUT2D eigenvalue weighted by Crippen LogP contribution is -2.10. The Labute approximate surface area is 161 Å². The molecule has 2 N–H and O–H groups in total. The average Bonchev–Trinajstić information content (AvgIpc) is 2.71. The predicted molar refractivity (Wildman–Crippen MR) is 107 cm³/mol. The molecule has 0 radical (unpaired) electrons. The number of rotatable bonds is 7. The van der Waals surface area contributed by atoms with E-state index in [-0.39, 0.29) is 17.4 Å². The van der Waals surface area contributed by atoms with Crippen LogP contribution in [0, 0.1) is 5.92 Å². The molecule has 4 nitrogen and oxygen atoms in total. The first-order chi connectivity index (χ1) is 13.1. The van der Waals surface area contributed by atoms with Crippen LogP contribution in [0.1, 0.15) is 62.0 Å². The number of benzene rings is 2. The van der Waals surface area contributed by atoms with Crippen molar-refractivity contribution in [3.63, 3.8) is 0 Å². The number of methoxy groups -OCH3 is 2. The molecule has 2 aromatic rings. The second kappa shape index (κ2) is 9.03. The van der Waals surface area contributed by atoms with Crippen molar-refractivity contribution in [2.45, 2.75) is 50.9 Å². The second-order valence-electron chi connectivity index (χ2n) is 7.50. The molecule has 0 amide bonds. The van der Waals surface area contributed by atoms with Crippen LogP contribution in [0.2, 0.25) is 0 Å². The third-order valence-electron chi connectivity index (χ3n) is 5.80. The van der Waals surface area contributed by atoms with E-state index in [2.05, 4.69) is 0 Å². The monoisotopic (exact) mass is 370 g/mol. The van der Waals surface area contributed by atoms with Crippen LogP contribution in [0.3, 0.4) is 0 Å². The largest absolute Gasteiger partial charge is 0.504 e. The van der Waals surface area contributed by atoms with E-state index in [9.17, 15) is 10.2 Å². The molecule has 0 unspecified atom stereocenters. The van der Waals surface area contributed by atoms with Gasteiger partial charge in [0, 0.05) is 5.92 Å². The lowest BCUT2D eigenvalue weighted by atomic mass is 9.80. The van der Waals surface area contributed by atoms with Crippen molar-refractivity contribution in [1.29, 1.82) is 0 Å². The van der Waals surface area contributed by atoms with E-state index in [4.69, 9.17) is 9.47 Å². The van der Waals surface area contributed by atoms with Crippen molar-refractivity contribution < 1.29 is 19.7 Å². The van der Waals surface area contributed by atoms with Gasteiger partial charge in [-0.3, -0.25) is 0 Å². The number of aromatic hydroxyl groups is 2. The summed E-state index contributed by atoms with van der Waals surface area (Å²) in [6.45, 7) is 0. The highest BCUT2D eigenvalue weighted by Gasteiger charge is 2.21. The topological polar surface area (TPSA) is 58.9 Å². The molecule has 1 aliphatic rings. The van der Waals surface area contributed by atoms with Gasteiger partial charge < -0.3 is 19.7 Å². The molecule has 1 aliphatic carbocycles. The standard InChI is InChI=1S/C23H30O4/c1-26-22-14-17(9-12-20(22)24)19(11-8-16-6-4-3-5-7-16)18-10-13-21(25)23(15-18)27-2/h9-10,12-16,19,24-25H,3-8,11H2,1-2H3. The van der Waals surface area contributed by atoms with E-state index in [0.717, 1.165) is 23.5 Å². The fourth-order valence-electron chi connectivity index (χ4n) is 4.23. The lowest BCUT2D eigenvalue weighted by Gasteiger charge is -2.25. The maximum atomic E-state index is 9.96. The van der Waals surface area contributed by atoms with Gasteiger partial charge in [-0.15, -0.1) is 0 Å². The van der Waals surface area contributed by atoms with Gasteiger partial charge in [-0.2, -0.15) is 0 Å². The molecule has 0 aliphatic heterocycles. The zero-order valence-corrected chi connectivity index (χ0v) is 16.3. The highest BCUT2D eigenvalue weighted by atomic mass is 16.5. The molecule has 27 heavy (non-hydrogen) atoms. The number of ether oxygens (including phenoxy) is 2. The van der Waals surface area contributed by atoms with Gasteiger partial charge in [0.15, 0.2) is 23.0 Å². The molecule has 0 spiro atoms. The van der Waals surface area contributed by atoms with Gasteiger partial charge in [-0.1, -0.05) is 44.2 Å². The summed E-state index contributed by atoms with van der Waals surface area (Å²) in [6.07, 6.45) is 8.90. The Kier molecular flexibility index (Phi) is 6.49. The van der Waals surface area contributed by atoms with Gasteiger partial charge in [-0.25, -0.2) is 0 Å². The molecule has 0 saturated heterocycles. The van der Waals surface area contributed by atoms with Crippen molar-refractivity contribution >= 4 is 0 Å². The van der Waals surface area contributed by atoms with E-state index in [1.807, 2.05) is 24.3 Å². The maximum absolute atomic E-state index is 9.96. The van der Waals surface area contributed by atoms with Gasteiger partial charge in [0.1, 0.15) is 0 Å². The van der Waals surface area contributed by atoms with Gasteiger partial charge in [0.2, 0.25) is 0 Å². The minimum Gasteiger partial charge on any atom is -0.504 e. The zero-order chi connectivity index (χ0) is 19.2. The molecule has 0 atom stereocenters. The van der Waals surface area contributed by atoms with Gasteiger partial charge >= 0.3 is 0 Å². The maximum Gasteiger partial charge on any atom is 0.160 e.